The number of carbonyl (C=O) groups excluding carboxylic acids is 1. The zero-order chi connectivity index (χ0) is 18.8. The molecule has 3 aromatic rings. The van der Waals surface area contributed by atoms with Crippen LogP contribution in [0, 0.1) is 19.7 Å². The molecule has 1 amide bonds. The number of thiazole rings is 1. The van der Waals surface area contributed by atoms with Gasteiger partial charge in [-0.05, 0) is 43.7 Å². The predicted molar refractivity (Wildman–Crippen MR) is 105 cm³/mol. The number of carbonyl (C=O) groups is 1. The minimum absolute atomic E-state index is 0.0664. The molecular weight excluding hydrogens is 349 g/mol. The maximum Gasteiger partial charge on any atom is 0.260 e. The number of nitrogens with zero attached hydrogens (tertiary/aromatic N) is 2. The molecule has 0 aliphatic carbocycles. The maximum absolute atomic E-state index is 13.5. The summed E-state index contributed by atoms with van der Waals surface area (Å²) in [4.78, 5) is 20.8. The molecule has 6 heteroatoms. The van der Waals surface area contributed by atoms with Crippen LogP contribution in [0.5, 0.6) is 0 Å². The zero-order valence-electron chi connectivity index (χ0n) is 15.5. The summed E-state index contributed by atoms with van der Waals surface area (Å²) >= 11 is 1.35. The molecule has 0 aliphatic heterocycles. The molecule has 0 bridgehead atoms. The minimum Gasteiger partial charge on any atom is -0.338 e. The van der Waals surface area contributed by atoms with Crippen molar-refractivity contribution in [1.82, 2.24) is 4.98 Å². The Morgan fingerprint density at radius 2 is 1.96 bits per heavy atom. The SMILES string of the molecule is Cc1ccc(C(=O)N(CC[NH+](C)C)c2nc3ccc(F)cc3s2)c(C)c1. The van der Waals surface area contributed by atoms with Crippen LogP contribution in [0.1, 0.15) is 21.5 Å². The quantitative estimate of drug-likeness (QED) is 0.748. The van der Waals surface area contributed by atoms with Crippen LogP contribution >= 0.6 is 11.3 Å². The molecule has 0 spiro atoms. The summed E-state index contributed by atoms with van der Waals surface area (Å²) in [5.41, 5.74) is 3.46. The molecule has 0 radical (unpaired) electrons. The Kier molecular flexibility index (Phi) is 5.34. The number of aryl methyl sites for hydroxylation is 2. The third kappa shape index (κ3) is 3.92. The van der Waals surface area contributed by atoms with E-state index in [0.29, 0.717) is 22.8 Å². The van der Waals surface area contributed by atoms with Crippen LogP contribution in [0.15, 0.2) is 36.4 Å². The Balaban J connectivity index is 2.01. The van der Waals surface area contributed by atoms with Gasteiger partial charge < -0.3 is 4.90 Å². The summed E-state index contributed by atoms with van der Waals surface area (Å²) in [6.45, 7) is 5.30. The van der Waals surface area contributed by atoms with Crippen molar-refractivity contribution in [3.05, 3.63) is 58.9 Å². The summed E-state index contributed by atoms with van der Waals surface area (Å²) < 4.78 is 14.3. The molecule has 0 saturated carbocycles. The van der Waals surface area contributed by atoms with E-state index in [1.807, 2.05) is 46.1 Å². The van der Waals surface area contributed by atoms with Crippen LogP contribution < -0.4 is 9.80 Å². The Morgan fingerprint density at radius 3 is 2.65 bits per heavy atom. The van der Waals surface area contributed by atoms with Crippen molar-refractivity contribution in [3.8, 4) is 0 Å². The molecule has 2 aromatic carbocycles. The van der Waals surface area contributed by atoms with Crippen LogP contribution in [0.2, 0.25) is 0 Å². The normalized spacial score (nSPS) is 11.3. The second kappa shape index (κ2) is 7.51. The molecule has 26 heavy (non-hydrogen) atoms. The molecule has 0 aliphatic rings. The topological polar surface area (TPSA) is 37.6 Å². The molecular formula is C20H23FN3OS+. The summed E-state index contributed by atoms with van der Waals surface area (Å²) in [7, 11) is 4.10. The third-order valence-electron chi connectivity index (χ3n) is 4.26. The Morgan fingerprint density at radius 1 is 1.19 bits per heavy atom. The second-order valence-electron chi connectivity index (χ2n) is 6.84. The van der Waals surface area contributed by atoms with E-state index < -0.39 is 0 Å². The van der Waals surface area contributed by atoms with E-state index in [-0.39, 0.29) is 11.7 Å². The maximum atomic E-state index is 13.5. The fourth-order valence-electron chi connectivity index (χ4n) is 2.82. The number of halogens is 1. The highest BCUT2D eigenvalue weighted by Gasteiger charge is 2.23. The summed E-state index contributed by atoms with van der Waals surface area (Å²) in [6, 6.07) is 10.3. The number of aromatic nitrogens is 1. The van der Waals surface area contributed by atoms with Crippen molar-refractivity contribution < 1.29 is 14.1 Å². The Hall–Kier alpha value is -2.31. The lowest BCUT2D eigenvalue weighted by Crippen LogP contribution is -3.06. The fraction of sp³-hybridized carbons (Fsp3) is 0.300. The van der Waals surface area contributed by atoms with Gasteiger partial charge in [0.2, 0.25) is 0 Å². The highest BCUT2D eigenvalue weighted by molar-refractivity contribution is 7.22. The molecule has 0 atom stereocenters. The van der Waals surface area contributed by atoms with E-state index in [9.17, 15) is 9.18 Å². The Labute approximate surface area is 156 Å². The number of nitrogens with one attached hydrogen (secondary N) is 1. The van der Waals surface area contributed by atoms with Gasteiger partial charge in [-0.2, -0.15) is 0 Å². The number of benzene rings is 2. The largest absolute Gasteiger partial charge is 0.338 e. The standard InChI is InChI=1S/C20H22FN3OS/c1-13-5-7-16(14(2)11-13)19(25)24(10-9-23(3)4)20-22-17-8-6-15(21)12-18(17)26-20/h5-8,11-12H,9-10H2,1-4H3/p+1. The molecule has 3 rings (SSSR count). The van der Waals surface area contributed by atoms with Gasteiger partial charge >= 0.3 is 0 Å². The highest BCUT2D eigenvalue weighted by atomic mass is 32.1. The first kappa shape index (κ1) is 18.5. The van der Waals surface area contributed by atoms with Crippen LogP contribution in [0.4, 0.5) is 9.52 Å². The summed E-state index contributed by atoms with van der Waals surface area (Å²) in [5.74, 6) is -0.360. The number of amides is 1. The predicted octanol–water partition coefficient (Wildman–Crippen LogP) is 2.84. The van der Waals surface area contributed by atoms with Crippen molar-refractivity contribution in [2.75, 3.05) is 32.1 Å². The van der Waals surface area contributed by atoms with Gasteiger partial charge in [0.15, 0.2) is 5.13 Å². The monoisotopic (exact) mass is 372 g/mol. The molecule has 0 fully saturated rings. The summed E-state index contributed by atoms with van der Waals surface area (Å²) in [6.07, 6.45) is 0. The van der Waals surface area contributed by atoms with E-state index in [1.165, 1.54) is 28.4 Å². The molecule has 136 valence electrons. The van der Waals surface area contributed by atoms with E-state index >= 15 is 0 Å². The minimum atomic E-state index is -0.294. The van der Waals surface area contributed by atoms with Crippen molar-refractivity contribution in [2.45, 2.75) is 13.8 Å². The number of hydrogen-bond donors (Lipinski definition) is 1. The van der Waals surface area contributed by atoms with E-state index in [1.54, 1.807) is 11.0 Å². The van der Waals surface area contributed by atoms with Crippen LogP contribution in [-0.2, 0) is 0 Å². The first-order chi connectivity index (χ1) is 12.3. The van der Waals surface area contributed by atoms with Gasteiger partial charge in [0, 0.05) is 5.56 Å². The molecule has 1 heterocycles. The highest BCUT2D eigenvalue weighted by Crippen LogP contribution is 2.30. The number of likely N-dealkylation sites (N-methyl/N-ethyl adjacent to an activating group) is 1. The second-order valence-corrected chi connectivity index (χ2v) is 7.85. The van der Waals surface area contributed by atoms with E-state index in [4.69, 9.17) is 0 Å². The lowest BCUT2D eigenvalue weighted by atomic mass is 10.0. The van der Waals surface area contributed by atoms with Crippen molar-refractivity contribution in [1.29, 1.82) is 0 Å². The van der Waals surface area contributed by atoms with Gasteiger partial charge in [0.25, 0.3) is 5.91 Å². The third-order valence-corrected chi connectivity index (χ3v) is 5.30. The van der Waals surface area contributed by atoms with Gasteiger partial charge in [0.1, 0.15) is 5.82 Å². The average molecular weight is 372 g/mol. The molecule has 1 aromatic heterocycles. The van der Waals surface area contributed by atoms with Gasteiger partial charge in [-0.3, -0.25) is 9.69 Å². The average Bonchev–Trinajstić information content (AvgIpc) is 2.97. The zero-order valence-corrected chi connectivity index (χ0v) is 16.3. The van der Waals surface area contributed by atoms with Crippen molar-refractivity contribution >= 4 is 32.6 Å². The van der Waals surface area contributed by atoms with Crippen LogP contribution in [0.3, 0.4) is 0 Å². The van der Waals surface area contributed by atoms with Crippen molar-refractivity contribution in [3.63, 3.8) is 0 Å². The van der Waals surface area contributed by atoms with E-state index in [2.05, 4.69) is 4.98 Å². The van der Waals surface area contributed by atoms with E-state index in [0.717, 1.165) is 22.4 Å². The van der Waals surface area contributed by atoms with Gasteiger partial charge in [0.05, 0.1) is 37.4 Å². The number of quaternary nitrogens is 1. The fourth-order valence-corrected chi connectivity index (χ4v) is 3.84. The van der Waals surface area contributed by atoms with Gasteiger partial charge in [-0.1, -0.05) is 29.0 Å². The Bertz CT molecular complexity index is 951. The molecule has 0 unspecified atom stereocenters. The number of fused-ring (bicyclic) bond motifs is 1. The number of hydrogen-bond acceptors (Lipinski definition) is 3. The molecule has 4 nitrogen and oxygen atoms in total. The first-order valence-electron chi connectivity index (χ1n) is 8.59. The van der Waals surface area contributed by atoms with Crippen molar-refractivity contribution in [2.24, 2.45) is 0 Å². The first-order valence-corrected chi connectivity index (χ1v) is 9.41. The lowest BCUT2D eigenvalue weighted by molar-refractivity contribution is -0.856. The summed E-state index contributed by atoms with van der Waals surface area (Å²) in [5, 5.41) is 0.608. The van der Waals surface area contributed by atoms with Crippen LogP contribution in [0.25, 0.3) is 10.2 Å². The lowest BCUT2D eigenvalue weighted by Gasteiger charge is -2.21. The van der Waals surface area contributed by atoms with Gasteiger partial charge in [-0.25, -0.2) is 9.37 Å². The molecule has 0 saturated heterocycles. The molecule has 1 N–H and O–H groups in total. The van der Waals surface area contributed by atoms with Crippen LogP contribution in [-0.4, -0.2) is 38.1 Å². The number of anilines is 1. The smallest absolute Gasteiger partial charge is 0.260 e. The number of rotatable bonds is 5. The van der Waals surface area contributed by atoms with Gasteiger partial charge in [-0.15, -0.1) is 0 Å².